The molecule has 2 aromatic rings. The normalized spacial score (nSPS) is 11.8. The predicted octanol–water partition coefficient (Wildman–Crippen LogP) is 4.83. The molecule has 0 aliphatic heterocycles. The summed E-state index contributed by atoms with van der Waals surface area (Å²) < 4.78 is 0. The summed E-state index contributed by atoms with van der Waals surface area (Å²) in [5, 5.41) is 18.6. The molecule has 0 radical (unpaired) electrons. The lowest BCUT2D eigenvalue weighted by Crippen LogP contribution is -2.15. The molecule has 2 rings (SSSR count). The molecule has 0 saturated carbocycles. The standard InChI is InChI=1S/C21H20N2O/c1-15(2)16-8-10-17(11-9-16)20(19(13-22)14-23)12-21(24)18-6-4-3-5-7-18/h3-11,15,19-20H,12H2,1-2H3. The quantitative estimate of drug-likeness (QED) is 0.717. The van der Waals surface area contributed by atoms with E-state index in [0.717, 1.165) is 5.56 Å². The van der Waals surface area contributed by atoms with Gasteiger partial charge in [0.1, 0.15) is 5.92 Å². The van der Waals surface area contributed by atoms with Crippen molar-refractivity contribution >= 4 is 5.78 Å². The van der Waals surface area contributed by atoms with Crippen LogP contribution in [0.4, 0.5) is 0 Å². The first-order valence-corrected chi connectivity index (χ1v) is 8.04. The van der Waals surface area contributed by atoms with E-state index in [2.05, 4.69) is 13.8 Å². The number of carbonyl (C=O) groups excluding carboxylic acids is 1. The predicted molar refractivity (Wildman–Crippen MR) is 93.4 cm³/mol. The minimum absolute atomic E-state index is 0.0518. The van der Waals surface area contributed by atoms with E-state index >= 15 is 0 Å². The Morgan fingerprint density at radius 3 is 1.96 bits per heavy atom. The molecule has 0 aromatic heterocycles. The third kappa shape index (κ3) is 4.09. The van der Waals surface area contributed by atoms with Gasteiger partial charge in [-0.25, -0.2) is 0 Å². The van der Waals surface area contributed by atoms with Crippen LogP contribution < -0.4 is 0 Å². The second-order valence-corrected chi connectivity index (χ2v) is 6.16. The van der Waals surface area contributed by atoms with Gasteiger partial charge in [0.15, 0.2) is 5.78 Å². The first-order valence-electron chi connectivity index (χ1n) is 8.04. The number of Topliss-reactive ketones (excluding diaryl/α,β-unsaturated/α-hetero) is 1. The molecule has 0 aliphatic rings. The third-order valence-electron chi connectivity index (χ3n) is 4.21. The molecule has 0 spiro atoms. The average molecular weight is 316 g/mol. The summed E-state index contributed by atoms with van der Waals surface area (Å²) in [6.07, 6.45) is 0.150. The monoisotopic (exact) mass is 316 g/mol. The van der Waals surface area contributed by atoms with Gasteiger partial charge in [-0.1, -0.05) is 68.4 Å². The molecule has 1 atom stereocenters. The van der Waals surface area contributed by atoms with Gasteiger partial charge in [-0.15, -0.1) is 0 Å². The van der Waals surface area contributed by atoms with E-state index in [4.69, 9.17) is 0 Å². The van der Waals surface area contributed by atoms with E-state index in [1.165, 1.54) is 5.56 Å². The Hall–Kier alpha value is -2.91. The smallest absolute Gasteiger partial charge is 0.163 e. The molecule has 0 aliphatic carbocycles. The second kappa shape index (κ2) is 8.09. The van der Waals surface area contributed by atoms with Crippen LogP contribution in [-0.4, -0.2) is 5.78 Å². The van der Waals surface area contributed by atoms with E-state index in [9.17, 15) is 15.3 Å². The van der Waals surface area contributed by atoms with Crippen LogP contribution >= 0.6 is 0 Å². The number of benzene rings is 2. The van der Waals surface area contributed by atoms with Gasteiger partial charge < -0.3 is 0 Å². The molecule has 2 aromatic carbocycles. The first kappa shape index (κ1) is 17.4. The lowest BCUT2D eigenvalue weighted by atomic mass is 9.82. The van der Waals surface area contributed by atoms with Gasteiger partial charge in [-0.05, 0) is 17.0 Å². The fraction of sp³-hybridized carbons (Fsp3) is 0.286. The van der Waals surface area contributed by atoms with Crippen LogP contribution in [0.25, 0.3) is 0 Å². The molecule has 0 heterocycles. The molecule has 0 saturated heterocycles. The summed E-state index contributed by atoms with van der Waals surface area (Å²) in [6.45, 7) is 4.22. The van der Waals surface area contributed by atoms with E-state index in [1.54, 1.807) is 12.1 Å². The number of nitrogens with zero attached hydrogens (tertiary/aromatic N) is 2. The van der Waals surface area contributed by atoms with Gasteiger partial charge in [0.05, 0.1) is 12.1 Å². The number of nitriles is 2. The Morgan fingerprint density at radius 1 is 0.917 bits per heavy atom. The van der Waals surface area contributed by atoms with Gasteiger partial charge >= 0.3 is 0 Å². The number of hydrogen-bond acceptors (Lipinski definition) is 3. The maximum absolute atomic E-state index is 12.5. The number of rotatable bonds is 6. The van der Waals surface area contributed by atoms with Crippen molar-refractivity contribution in [2.45, 2.75) is 32.1 Å². The Balaban J connectivity index is 2.30. The molecule has 0 N–H and O–H groups in total. The summed E-state index contributed by atoms with van der Waals surface area (Å²) in [5.41, 5.74) is 2.66. The Bertz CT molecular complexity index is 750. The zero-order valence-corrected chi connectivity index (χ0v) is 13.9. The Labute approximate surface area is 143 Å². The fourth-order valence-corrected chi connectivity index (χ4v) is 2.71. The highest BCUT2D eigenvalue weighted by Gasteiger charge is 2.26. The highest BCUT2D eigenvalue weighted by Crippen LogP contribution is 2.30. The summed E-state index contributed by atoms with van der Waals surface area (Å²) in [4.78, 5) is 12.5. The van der Waals surface area contributed by atoms with Crippen LogP contribution in [0.5, 0.6) is 0 Å². The molecule has 3 nitrogen and oxygen atoms in total. The van der Waals surface area contributed by atoms with Gasteiger partial charge in [0.2, 0.25) is 0 Å². The number of carbonyl (C=O) groups is 1. The zero-order valence-electron chi connectivity index (χ0n) is 13.9. The number of ketones is 1. The van der Waals surface area contributed by atoms with Gasteiger partial charge in [0.25, 0.3) is 0 Å². The van der Waals surface area contributed by atoms with E-state index in [0.29, 0.717) is 11.5 Å². The molecular formula is C21H20N2O. The van der Waals surface area contributed by atoms with Crippen LogP contribution in [0.1, 0.15) is 53.6 Å². The van der Waals surface area contributed by atoms with E-state index in [1.807, 2.05) is 54.6 Å². The summed E-state index contributed by atoms with van der Waals surface area (Å²) in [7, 11) is 0. The maximum Gasteiger partial charge on any atom is 0.163 e. The average Bonchev–Trinajstić information content (AvgIpc) is 2.62. The van der Waals surface area contributed by atoms with Crippen molar-refractivity contribution in [3.05, 3.63) is 71.3 Å². The molecule has 0 amide bonds. The molecule has 120 valence electrons. The Morgan fingerprint density at radius 2 is 1.46 bits per heavy atom. The minimum atomic E-state index is -0.845. The third-order valence-corrected chi connectivity index (χ3v) is 4.21. The van der Waals surface area contributed by atoms with E-state index in [-0.39, 0.29) is 12.2 Å². The first-order chi connectivity index (χ1) is 11.6. The SMILES string of the molecule is CC(C)c1ccc(C(CC(=O)c2ccccc2)C(C#N)C#N)cc1. The highest BCUT2D eigenvalue weighted by atomic mass is 16.1. The Kier molecular flexibility index (Phi) is 5.88. The van der Waals surface area contributed by atoms with Crippen LogP contribution in [0, 0.1) is 28.6 Å². The summed E-state index contributed by atoms with van der Waals surface area (Å²) in [6, 6.07) is 20.9. The van der Waals surface area contributed by atoms with Crippen LogP contribution in [0.3, 0.4) is 0 Å². The van der Waals surface area contributed by atoms with Crippen LogP contribution in [-0.2, 0) is 0 Å². The van der Waals surface area contributed by atoms with Crippen molar-refractivity contribution in [2.75, 3.05) is 0 Å². The topological polar surface area (TPSA) is 64.7 Å². The minimum Gasteiger partial charge on any atom is -0.294 e. The molecular weight excluding hydrogens is 296 g/mol. The van der Waals surface area contributed by atoms with Crippen molar-refractivity contribution < 1.29 is 4.79 Å². The molecule has 0 bridgehead atoms. The van der Waals surface area contributed by atoms with Gasteiger partial charge in [-0.2, -0.15) is 10.5 Å². The zero-order chi connectivity index (χ0) is 17.5. The van der Waals surface area contributed by atoms with E-state index < -0.39 is 11.8 Å². The fourth-order valence-electron chi connectivity index (χ4n) is 2.71. The lowest BCUT2D eigenvalue weighted by Gasteiger charge is -2.18. The van der Waals surface area contributed by atoms with Gasteiger partial charge in [-0.3, -0.25) is 4.79 Å². The molecule has 0 fully saturated rings. The van der Waals surface area contributed by atoms with Crippen LogP contribution in [0.2, 0.25) is 0 Å². The van der Waals surface area contributed by atoms with Crippen molar-refractivity contribution in [1.29, 1.82) is 10.5 Å². The summed E-state index contributed by atoms with van der Waals surface area (Å²) in [5.74, 6) is -0.910. The van der Waals surface area contributed by atoms with Crippen molar-refractivity contribution in [3.8, 4) is 12.1 Å². The van der Waals surface area contributed by atoms with Crippen molar-refractivity contribution in [1.82, 2.24) is 0 Å². The largest absolute Gasteiger partial charge is 0.294 e. The molecule has 24 heavy (non-hydrogen) atoms. The van der Waals surface area contributed by atoms with Crippen molar-refractivity contribution in [2.24, 2.45) is 5.92 Å². The lowest BCUT2D eigenvalue weighted by molar-refractivity contribution is 0.0971. The number of hydrogen-bond donors (Lipinski definition) is 0. The van der Waals surface area contributed by atoms with Gasteiger partial charge in [0, 0.05) is 17.9 Å². The highest BCUT2D eigenvalue weighted by molar-refractivity contribution is 5.96. The molecule has 1 unspecified atom stereocenters. The van der Waals surface area contributed by atoms with Crippen LogP contribution in [0.15, 0.2) is 54.6 Å². The molecule has 3 heteroatoms. The van der Waals surface area contributed by atoms with Crippen molar-refractivity contribution in [3.63, 3.8) is 0 Å². The summed E-state index contributed by atoms with van der Waals surface area (Å²) >= 11 is 0. The second-order valence-electron chi connectivity index (χ2n) is 6.16. The maximum atomic E-state index is 12.5.